The van der Waals surface area contributed by atoms with Crippen LogP contribution in [0.3, 0.4) is 0 Å². The summed E-state index contributed by atoms with van der Waals surface area (Å²) in [6, 6.07) is 0. The molecule has 0 aliphatic rings. The van der Waals surface area contributed by atoms with Crippen molar-refractivity contribution in [2.45, 2.75) is 206 Å². The molecule has 0 saturated carbocycles. The average Bonchev–Trinajstić information content (AvgIpc) is 3.16. The van der Waals surface area contributed by atoms with Crippen LogP contribution in [0.25, 0.3) is 0 Å². The molecule has 0 heterocycles. The largest absolute Gasteiger partial charge is 0.472 e. The lowest BCUT2D eigenvalue weighted by molar-refractivity contribution is -0.161. The van der Waals surface area contributed by atoms with E-state index in [0.29, 0.717) is 6.42 Å². The first-order valence-electron chi connectivity index (χ1n) is 22.0. The molecule has 54 heavy (non-hydrogen) atoms. The van der Waals surface area contributed by atoms with E-state index in [1.54, 1.807) is 0 Å². The normalized spacial score (nSPS) is 13.6. The number of hydrogen-bond acceptors (Lipinski definition) is 8. The van der Waals surface area contributed by atoms with E-state index in [4.69, 9.17) is 24.3 Å². The fourth-order valence-corrected chi connectivity index (χ4v) is 6.83. The number of esters is 2. The number of phosphoric acid groups is 1. The summed E-state index contributed by atoms with van der Waals surface area (Å²) >= 11 is 0. The Balaban J connectivity index is 4.13. The zero-order chi connectivity index (χ0) is 39.6. The van der Waals surface area contributed by atoms with E-state index in [1.807, 2.05) is 0 Å². The third-order valence-electron chi connectivity index (χ3n) is 9.29. The lowest BCUT2D eigenvalue weighted by atomic mass is 10.0. The highest BCUT2D eigenvalue weighted by Gasteiger charge is 2.26. The minimum atomic E-state index is -4.38. The van der Waals surface area contributed by atoms with Gasteiger partial charge in [0.05, 0.1) is 13.2 Å². The first-order chi connectivity index (χ1) is 26.3. The van der Waals surface area contributed by atoms with Crippen LogP contribution in [0.15, 0.2) is 36.5 Å². The van der Waals surface area contributed by atoms with Crippen molar-refractivity contribution in [2.75, 3.05) is 26.4 Å². The number of nitrogens with two attached hydrogens (primary N) is 1. The van der Waals surface area contributed by atoms with Crippen LogP contribution in [0.4, 0.5) is 0 Å². The summed E-state index contributed by atoms with van der Waals surface area (Å²) in [5.74, 6) is -0.842. The lowest BCUT2D eigenvalue weighted by Gasteiger charge is -2.19. The van der Waals surface area contributed by atoms with Gasteiger partial charge in [0.1, 0.15) is 6.61 Å². The van der Waals surface area contributed by atoms with Gasteiger partial charge in [-0.15, -0.1) is 0 Å². The summed E-state index contributed by atoms with van der Waals surface area (Å²) in [5.41, 5.74) is 5.35. The van der Waals surface area contributed by atoms with Crippen LogP contribution in [0.1, 0.15) is 200 Å². The number of carbonyl (C=O) groups is 2. The molecule has 0 aliphatic carbocycles. The smallest absolute Gasteiger partial charge is 0.462 e. The lowest BCUT2D eigenvalue weighted by Crippen LogP contribution is -2.29. The maximum atomic E-state index is 12.6. The van der Waals surface area contributed by atoms with Crippen LogP contribution in [-0.4, -0.2) is 49.3 Å². The van der Waals surface area contributed by atoms with E-state index in [-0.39, 0.29) is 38.6 Å². The Morgan fingerprint density at radius 2 is 1.02 bits per heavy atom. The van der Waals surface area contributed by atoms with Crippen LogP contribution in [-0.2, 0) is 32.7 Å². The number of unbranched alkanes of at least 4 members (excludes halogenated alkanes) is 22. The Morgan fingerprint density at radius 3 is 1.52 bits per heavy atom. The predicted molar refractivity (Wildman–Crippen MR) is 224 cm³/mol. The third kappa shape index (κ3) is 39.9. The Hall–Kier alpha value is -1.77. The van der Waals surface area contributed by atoms with Crippen molar-refractivity contribution in [2.24, 2.45) is 5.73 Å². The molecule has 0 rings (SSSR count). The molecule has 2 atom stereocenters. The van der Waals surface area contributed by atoms with Gasteiger partial charge in [0.25, 0.3) is 0 Å². The molecule has 10 heteroatoms. The van der Waals surface area contributed by atoms with Gasteiger partial charge >= 0.3 is 19.8 Å². The van der Waals surface area contributed by atoms with Crippen molar-refractivity contribution >= 4 is 19.8 Å². The molecular formula is C44H82NO8P. The summed E-state index contributed by atoms with van der Waals surface area (Å²) in [6.45, 7) is 3.62. The Labute approximate surface area is 331 Å². The minimum Gasteiger partial charge on any atom is -0.462 e. The van der Waals surface area contributed by atoms with E-state index < -0.39 is 26.5 Å². The van der Waals surface area contributed by atoms with E-state index >= 15 is 0 Å². The molecule has 0 spiro atoms. The molecule has 0 bridgehead atoms. The average molecular weight is 784 g/mol. The van der Waals surface area contributed by atoms with E-state index in [2.05, 4.69) is 50.3 Å². The molecule has 0 radical (unpaired) electrons. The predicted octanol–water partition coefficient (Wildman–Crippen LogP) is 12.6. The van der Waals surface area contributed by atoms with Gasteiger partial charge < -0.3 is 20.1 Å². The van der Waals surface area contributed by atoms with E-state index in [1.165, 1.54) is 96.3 Å². The van der Waals surface area contributed by atoms with Crippen molar-refractivity contribution in [3.8, 4) is 0 Å². The summed E-state index contributed by atoms with van der Waals surface area (Å²) in [6.07, 6.45) is 44.6. The number of allylic oxidation sites excluding steroid dienone is 6. The Kier molecular flexibility index (Phi) is 39.5. The molecule has 0 fully saturated rings. The van der Waals surface area contributed by atoms with Crippen LogP contribution in [0.5, 0.6) is 0 Å². The highest BCUT2D eigenvalue weighted by molar-refractivity contribution is 7.47. The highest BCUT2D eigenvalue weighted by atomic mass is 31.2. The zero-order valence-corrected chi connectivity index (χ0v) is 35.6. The Morgan fingerprint density at radius 1 is 0.574 bits per heavy atom. The summed E-state index contributed by atoms with van der Waals surface area (Å²) in [4.78, 5) is 34.9. The fraction of sp³-hybridized carbons (Fsp3) is 0.818. The molecule has 1 unspecified atom stereocenters. The number of rotatable bonds is 41. The van der Waals surface area contributed by atoms with Crippen LogP contribution < -0.4 is 5.73 Å². The molecule has 0 aliphatic heterocycles. The van der Waals surface area contributed by atoms with Crippen LogP contribution in [0.2, 0.25) is 0 Å². The van der Waals surface area contributed by atoms with Crippen molar-refractivity contribution in [3.63, 3.8) is 0 Å². The van der Waals surface area contributed by atoms with Gasteiger partial charge in [0.2, 0.25) is 0 Å². The maximum absolute atomic E-state index is 12.6. The number of hydrogen-bond donors (Lipinski definition) is 2. The number of carbonyl (C=O) groups excluding carboxylic acids is 2. The second kappa shape index (κ2) is 40.9. The van der Waals surface area contributed by atoms with Gasteiger partial charge in [-0.3, -0.25) is 18.6 Å². The minimum absolute atomic E-state index is 0.0507. The molecule has 0 aromatic heterocycles. The first-order valence-corrected chi connectivity index (χ1v) is 23.5. The summed E-state index contributed by atoms with van der Waals surface area (Å²) in [5, 5.41) is 0. The second-order valence-corrected chi connectivity index (χ2v) is 16.0. The second-order valence-electron chi connectivity index (χ2n) is 14.5. The molecule has 0 aromatic carbocycles. The quantitative estimate of drug-likeness (QED) is 0.0269. The van der Waals surface area contributed by atoms with Crippen molar-refractivity contribution in [1.29, 1.82) is 0 Å². The number of ether oxygens (including phenoxy) is 2. The van der Waals surface area contributed by atoms with E-state index in [9.17, 15) is 19.0 Å². The van der Waals surface area contributed by atoms with E-state index in [0.717, 1.165) is 70.6 Å². The first kappa shape index (κ1) is 52.2. The number of phosphoric ester groups is 1. The molecule has 0 amide bonds. The van der Waals surface area contributed by atoms with Crippen LogP contribution >= 0.6 is 7.82 Å². The molecule has 3 N–H and O–H groups in total. The Bertz CT molecular complexity index is 986. The van der Waals surface area contributed by atoms with Gasteiger partial charge in [-0.1, -0.05) is 179 Å². The van der Waals surface area contributed by atoms with Crippen molar-refractivity contribution in [3.05, 3.63) is 36.5 Å². The molecular weight excluding hydrogens is 701 g/mol. The SMILES string of the molecule is CC/C=C/C/C=C/C/C=C/CCCCCCCC(=O)O[C@H](COC(=O)CCCCCCCCCCCCCCCCCCCC)COP(=O)(O)OCCN. The third-order valence-corrected chi connectivity index (χ3v) is 10.3. The topological polar surface area (TPSA) is 134 Å². The van der Waals surface area contributed by atoms with Gasteiger partial charge in [-0.2, -0.15) is 0 Å². The fourth-order valence-electron chi connectivity index (χ4n) is 6.06. The van der Waals surface area contributed by atoms with Crippen LogP contribution in [0, 0.1) is 0 Å². The summed E-state index contributed by atoms with van der Waals surface area (Å²) in [7, 11) is -4.38. The van der Waals surface area contributed by atoms with Gasteiger partial charge in [-0.05, 0) is 44.9 Å². The summed E-state index contributed by atoms with van der Waals surface area (Å²) < 4.78 is 32.8. The monoisotopic (exact) mass is 784 g/mol. The molecule has 0 aromatic rings. The van der Waals surface area contributed by atoms with Crippen molar-refractivity contribution < 1.29 is 37.6 Å². The van der Waals surface area contributed by atoms with Gasteiger partial charge in [0, 0.05) is 19.4 Å². The van der Waals surface area contributed by atoms with Gasteiger partial charge in [-0.25, -0.2) is 4.57 Å². The van der Waals surface area contributed by atoms with Gasteiger partial charge in [0.15, 0.2) is 6.10 Å². The highest BCUT2D eigenvalue weighted by Crippen LogP contribution is 2.43. The molecule has 0 saturated heterocycles. The molecule has 316 valence electrons. The molecule has 9 nitrogen and oxygen atoms in total. The standard InChI is InChI=1S/C44H82NO8P/c1-3-5-7-9-11-13-15-17-19-20-21-23-24-26-28-30-32-34-36-43(46)50-40-42(41-52-54(48,49)51-39-38-45)53-44(47)37-35-33-31-29-27-25-22-18-16-14-12-10-8-6-4-2/h6,8,12,14,18,22,42H,3-5,7,9-11,13,15-17,19-21,23-41,45H2,1-2H3,(H,48,49)/b8-6+,14-12+,22-18+/t42-/m1/s1. The zero-order valence-electron chi connectivity index (χ0n) is 34.7. The maximum Gasteiger partial charge on any atom is 0.472 e. The van der Waals surface area contributed by atoms with Crippen molar-refractivity contribution in [1.82, 2.24) is 0 Å².